The number of nitrogens with zero attached hydrogens (tertiary/aromatic N) is 1. The van der Waals surface area contributed by atoms with E-state index in [2.05, 4.69) is 0 Å². The van der Waals surface area contributed by atoms with E-state index in [1.165, 1.54) is 6.07 Å². The first-order valence-corrected chi connectivity index (χ1v) is 6.87. The lowest BCUT2D eigenvalue weighted by Crippen LogP contribution is -2.33. The minimum Gasteiger partial charge on any atom is -0.338 e. The SMILES string of the molecule is Cc1ccc(C(=O)N2CC3CCC(N)C3C2)cc1F.Cl. The zero-order valence-electron chi connectivity index (χ0n) is 11.5. The lowest BCUT2D eigenvalue weighted by Gasteiger charge is -2.19. The molecule has 1 heterocycles. The van der Waals surface area contributed by atoms with Crippen molar-refractivity contribution in [2.75, 3.05) is 13.1 Å². The molecule has 1 saturated heterocycles. The number of carbonyl (C=O) groups excluding carboxylic acids is 1. The number of amides is 1. The van der Waals surface area contributed by atoms with Gasteiger partial charge in [0.15, 0.2) is 0 Å². The largest absolute Gasteiger partial charge is 0.338 e. The van der Waals surface area contributed by atoms with Crippen LogP contribution in [-0.2, 0) is 0 Å². The van der Waals surface area contributed by atoms with Crippen LogP contribution >= 0.6 is 12.4 Å². The number of hydrogen-bond donors (Lipinski definition) is 1. The third-order valence-corrected chi connectivity index (χ3v) is 4.62. The van der Waals surface area contributed by atoms with Crippen LogP contribution in [0.1, 0.15) is 28.8 Å². The molecule has 110 valence electrons. The zero-order chi connectivity index (χ0) is 13.6. The summed E-state index contributed by atoms with van der Waals surface area (Å²) in [6.45, 7) is 3.19. The summed E-state index contributed by atoms with van der Waals surface area (Å²) in [6.07, 6.45) is 2.17. The number of carbonyl (C=O) groups is 1. The van der Waals surface area contributed by atoms with Crippen LogP contribution in [0.4, 0.5) is 4.39 Å². The lowest BCUT2D eigenvalue weighted by atomic mass is 9.98. The number of nitrogens with two attached hydrogens (primary N) is 1. The molecular weight excluding hydrogens is 279 g/mol. The Morgan fingerprint density at radius 1 is 1.35 bits per heavy atom. The number of rotatable bonds is 1. The van der Waals surface area contributed by atoms with E-state index in [1.807, 2.05) is 4.90 Å². The molecule has 0 spiro atoms. The van der Waals surface area contributed by atoms with Gasteiger partial charge in [0.25, 0.3) is 5.91 Å². The standard InChI is InChI=1S/C15H19FN2O.ClH/c1-9-2-3-10(6-13(9)16)15(19)18-7-11-4-5-14(17)12(11)8-18;/h2-3,6,11-12,14H,4-5,7-8,17H2,1H3;1H. The molecule has 0 radical (unpaired) electrons. The van der Waals surface area contributed by atoms with Crippen LogP contribution in [0.2, 0.25) is 0 Å². The number of fused-ring (bicyclic) bond motifs is 1. The van der Waals surface area contributed by atoms with E-state index in [9.17, 15) is 9.18 Å². The summed E-state index contributed by atoms with van der Waals surface area (Å²) in [5, 5.41) is 0. The molecule has 5 heteroatoms. The van der Waals surface area contributed by atoms with Crippen molar-refractivity contribution in [2.45, 2.75) is 25.8 Å². The number of hydrogen-bond acceptors (Lipinski definition) is 2. The highest BCUT2D eigenvalue weighted by Crippen LogP contribution is 2.37. The molecule has 1 aromatic carbocycles. The Labute approximate surface area is 124 Å². The molecule has 1 aliphatic heterocycles. The van der Waals surface area contributed by atoms with Gasteiger partial charge in [-0.15, -0.1) is 12.4 Å². The Hall–Kier alpha value is -1.13. The summed E-state index contributed by atoms with van der Waals surface area (Å²) in [7, 11) is 0. The van der Waals surface area contributed by atoms with E-state index in [4.69, 9.17) is 5.73 Å². The molecular formula is C15H20ClFN2O. The van der Waals surface area contributed by atoms with Gasteiger partial charge in [-0.3, -0.25) is 4.79 Å². The fourth-order valence-corrected chi connectivity index (χ4v) is 3.38. The maximum Gasteiger partial charge on any atom is 0.253 e. The molecule has 2 fully saturated rings. The van der Waals surface area contributed by atoms with Crippen LogP contribution in [-0.4, -0.2) is 29.9 Å². The Kier molecular flexibility index (Phi) is 4.35. The van der Waals surface area contributed by atoms with Crippen LogP contribution in [0.25, 0.3) is 0 Å². The van der Waals surface area contributed by atoms with Crippen molar-refractivity contribution in [3.63, 3.8) is 0 Å². The molecule has 1 amide bonds. The van der Waals surface area contributed by atoms with Crippen molar-refractivity contribution in [2.24, 2.45) is 17.6 Å². The van der Waals surface area contributed by atoms with Crippen molar-refractivity contribution in [1.82, 2.24) is 4.90 Å². The highest BCUT2D eigenvalue weighted by atomic mass is 35.5. The Morgan fingerprint density at radius 3 is 2.75 bits per heavy atom. The normalized spacial score (nSPS) is 28.1. The van der Waals surface area contributed by atoms with Gasteiger partial charge in [-0.05, 0) is 49.3 Å². The van der Waals surface area contributed by atoms with Crippen LogP contribution in [0.3, 0.4) is 0 Å². The second kappa shape index (κ2) is 5.70. The third kappa shape index (κ3) is 2.54. The summed E-state index contributed by atoms with van der Waals surface area (Å²) in [5.74, 6) is 0.580. The predicted octanol–water partition coefficient (Wildman–Crippen LogP) is 2.37. The average molecular weight is 299 g/mol. The van der Waals surface area contributed by atoms with Crippen molar-refractivity contribution in [1.29, 1.82) is 0 Å². The molecule has 3 nitrogen and oxygen atoms in total. The van der Waals surface area contributed by atoms with Gasteiger partial charge < -0.3 is 10.6 Å². The maximum absolute atomic E-state index is 13.5. The summed E-state index contributed by atoms with van der Waals surface area (Å²) in [6, 6.07) is 4.92. The zero-order valence-corrected chi connectivity index (χ0v) is 12.3. The van der Waals surface area contributed by atoms with Gasteiger partial charge in [0.1, 0.15) is 5.82 Å². The Balaban J connectivity index is 0.00000147. The van der Waals surface area contributed by atoms with E-state index >= 15 is 0 Å². The minimum atomic E-state index is -0.318. The van der Waals surface area contributed by atoms with Crippen LogP contribution < -0.4 is 5.73 Å². The van der Waals surface area contributed by atoms with Gasteiger partial charge in [0, 0.05) is 24.7 Å². The molecule has 3 atom stereocenters. The number of benzene rings is 1. The summed E-state index contributed by atoms with van der Waals surface area (Å²) >= 11 is 0. The Bertz CT molecular complexity index is 523. The fraction of sp³-hybridized carbons (Fsp3) is 0.533. The summed E-state index contributed by atoms with van der Waals surface area (Å²) in [5.41, 5.74) is 7.07. The molecule has 3 unspecified atom stereocenters. The second-order valence-corrected chi connectivity index (χ2v) is 5.84. The highest BCUT2D eigenvalue weighted by Gasteiger charge is 2.42. The van der Waals surface area contributed by atoms with Gasteiger partial charge in [-0.1, -0.05) is 6.07 Å². The van der Waals surface area contributed by atoms with Gasteiger partial charge in [0.05, 0.1) is 0 Å². The van der Waals surface area contributed by atoms with Crippen LogP contribution in [0.15, 0.2) is 18.2 Å². The van der Waals surface area contributed by atoms with Gasteiger partial charge in [-0.2, -0.15) is 0 Å². The van der Waals surface area contributed by atoms with Gasteiger partial charge in [-0.25, -0.2) is 4.39 Å². The molecule has 1 saturated carbocycles. The van der Waals surface area contributed by atoms with Crippen molar-refractivity contribution in [3.8, 4) is 0 Å². The fourth-order valence-electron chi connectivity index (χ4n) is 3.38. The van der Waals surface area contributed by atoms with Gasteiger partial charge >= 0.3 is 0 Å². The maximum atomic E-state index is 13.5. The first kappa shape index (κ1) is 15.3. The molecule has 0 bridgehead atoms. The smallest absolute Gasteiger partial charge is 0.253 e. The third-order valence-electron chi connectivity index (χ3n) is 4.62. The van der Waals surface area contributed by atoms with E-state index in [-0.39, 0.29) is 30.2 Å². The number of aryl methyl sites for hydroxylation is 1. The Morgan fingerprint density at radius 2 is 2.10 bits per heavy atom. The lowest BCUT2D eigenvalue weighted by molar-refractivity contribution is 0.0779. The van der Waals surface area contributed by atoms with E-state index in [1.54, 1.807) is 19.1 Å². The van der Waals surface area contributed by atoms with Crippen molar-refractivity contribution in [3.05, 3.63) is 35.1 Å². The molecule has 1 aromatic rings. The molecule has 1 aliphatic carbocycles. The molecule has 2 aliphatic rings. The molecule has 20 heavy (non-hydrogen) atoms. The monoisotopic (exact) mass is 298 g/mol. The minimum absolute atomic E-state index is 0. The molecule has 3 rings (SSSR count). The van der Waals surface area contributed by atoms with Crippen molar-refractivity contribution < 1.29 is 9.18 Å². The van der Waals surface area contributed by atoms with E-state index in [0.717, 1.165) is 25.9 Å². The van der Waals surface area contributed by atoms with Crippen LogP contribution in [0, 0.1) is 24.6 Å². The van der Waals surface area contributed by atoms with E-state index in [0.29, 0.717) is 23.0 Å². The number of halogens is 2. The summed E-state index contributed by atoms with van der Waals surface area (Å²) < 4.78 is 13.5. The second-order valence-electron chi connectivity index (χ2n) is 5.84. The topological polar surface area (TPSA) is 46.3 Å². The average Bonchev–Trinajstić information content (AvgIpc) is 2.95. The van der Waals surface area contributed by atoms with Crippen molar-refractivity contribution >= 4 is 18.3 Å². The molecule has 2 N–H and O–H groups in total. The summed E-state index contributed by atoms with van der Waals surface area (Å²) in [4.78, 5) is 14.2. The van der Waals surface area contributed by atoms with Crippen LogP contribution in [0.5, 0.6) is 0 Å². The first-order valence-electron chi connectivity index (χ1n) is 6.87. The highest BCUT2D eigenvalue weighted by molar-refractivity contribution is 5.94. The quantitative estimate of drug-likeness (QED) is 0.865. The van der Waals surface area contributed by atoms with E-state index < -0.39 is 0 Å². The van der Waals surface area contributed by atoms with Gasteiger partial charge in [0.2, 0.25) is 0 Å². The number of likely N-dealkylation sites (tertiary alicyclic amines) is 1. The predicted molar refractivity (Wildman–Crippen MR) is 78.5 cm³/mol. The molecule has 0 aromatic heterocycles. The first-order chi connectivity index (χ1) is 9.06.